The molecule has 5 nitrogen and oxygen atoms in total. The van der Waals surface area contributed by atoms with Gasteiger partial charge in [0.25, 0.3) is 0 Å². The highest BCUT2D eigenvalue weighted by Crippen LogP contribution is 2.51. The van der Waals surface area contributed by atoms with Crippen molar-refractivity contribution in [2.45, 2.75) is 96.7 Å². The Kier molecular flexibility index (Phi) is 7.65. The molecule has 1 fully saturated rings. The van der Waals surface area contributed by atoms with Gasteiger partial charge in [0.1, 0.15) is 11.4 Å². The Bertz CT molecular complexity index is 1140. The molecular formula is C30H42FN5. The van der Waals surface area contributed by atoms with Crippen LogP contribution in [0.3, 0.4) is 0 Å². The maximum atomic E-state index is 14.5. The molecule has 2 aliphatic carbocycles. The maximum Gasteiger partial charge on any atom is 0.152 e. The van der Waals surface area contributed by atoms with Gasteiger partial charge >= 0.3 is 0 Å². The van der Waals surface area contributed by atoms with Crippen molar-refractivity contribution in [1.29, 1.82) is 5.41 Å². The molecule has 4 atom stereocenters. The second-order valence-electron chi connectivity index (χ2n) is 11.4. The molecule has 3 unspecified atom stereocenters. The van der Waals surface area contributed by atoms with Gasteiger partial charge in [-0.25, -0.2) is 14.4 Å². The van der Waals surface area contributed by atoms with E-state index in [0.717, 1.165) is 61.9 Å². The van der Waals surface area contributed by atoms with Crippen LogP contribution in [0.4, 0.5) is 10.2 Å². The number of aromatic nitrogens is 2. The van der Waals surface area contributed by atoms with Gasteiger partial charge in [-0.15, -0.1) is 0 Å². The van der Waals surface area contributed by atoms with Crippen molar-refractivity contribution in [1.82, 2.24) is 9.97 Å². The molecule has 1 heterocycles. The molecule has 1 aromatic heterocycles. The number of hydrogen-bond donors (Lipinski definition) is 3. The van der Waals surface area contributed by atoms with E-state index in [0.29, 0.717) is 30.7 Å². The maximum absolute atomic E-state index is 14.5. The van der Waals surface area contributed by atoms with Gasteiger partial charge in [0, 0.05) is 12.0 Å². The topological polar surface area (TPSA) is 102 Å². The van der Waals surface area contributed by atoms with Crippen molar-refractivity contribution in [3.05, 3.63) is 59.1 Å². The highest BCUT2D eigenvalue weighted by molar-refractivity contribution is 6.01. The first-order chi connectivity index (χ1) is 17.1. The lowest BCUT2D eigenvalue weighted by Gasteiger charge is -2.34. The number of halogens is 1. The number of alkyl halides is 1. The molecule has 36 heavy (non-hydrogen) atoms. The highest BCUT2D eigenvalue weighted by Gasteiger charge is 2.43. The lowest BCUT2D eigenvalue weighted by atomic mass is 9.73. The third-order valence-electron chi connectivity index (χ3n) is 8.63. The van der Waals surface area contributed by atoms with Crippen LogP contribution in [0.2, 0.25) is 0 Å². The van der Waals surface area contributed by atoms with Crippen molar-refractivity contribution >= 4 is 17.1 Å². The fourth-order valence-corrected chi connectivity index (χ4v) is 6.46. The van der Waals surface area contributed by atoms with Crippen LogP contribution < -0.4 is 11.5 Å². The Morgan fingerprint density at radius 1 is 1.17 bits per heavy atom. The highest BCUT2D eigenvalue weighted by atomic mass is 19.1. The van der Waals surface area contributed by atoms with Crippen molar-refractivity contribution in [2.75, 3.05) is 5.73 Å². The normalized spacial score (nSPS) is 27.9. The minimum absolute atomic E-state index is 0.0146. The summed E-state index contributed by atoms with van der Waals surface area (Å²) in [4.78, 5) is 9.41. The molecule has 194 valence electrons. The van der Waals surface area contributed by atoms with E-state index in [1.54, 1.807) is 6.92 Å². The summed E-state index contributed by atoms with van der Waals surface area (Å²) >= 11 is 0. The molecule has 5 N–H and O–H groups in total. The molecular weight excluding hydrogens is 449 g/mol. The number of hydrogen-bond acceptors (Lipinski definition) is 5. The molecule has 0 saturated heterocycles. The van der Waals surface area contributed by atoms with E-state index in [9.17, 15) is 4.39 Å². The summed E-state index contributed by atoms with van der Waals surface area (Å²) in [5.41, 5.74) is 17.8. The smallest absolute Gasteiger partial charge is 0.152 e. The SMILES string of the molecule is C=C(CCC1(CCC)Cc2ccccc2[C@H]1N)c1nc(N)c(C(=N)C2CCCC(C)(F)CC2)nc1C. The van der Waals surface area contributed by atoms with Gasteiger partial charge < -0.3 is 16.9 Å². The summed E-state index contributed by atoms with van der Waals surface area (Å²) in [6.45, 7) is 10.1. The van der Waals surface area contributed by atoms with Crippen molar-refractivity contribution in [3.8, 4) is 0 Å². The van der Waals surface area contributed by atoms with Crippen molar-refractivity contribution < 1.29 is 4.39 Å². The molecule has 0 amide bonds. The molecule has 6 heteroatoms. The van der Waals surface area contributed by atoms with Crippen LogP contribution in [0.5, 0.6) is 0 Å². The van der Waals surface area contributed by atoms with Gasteiger partial charge in [-0.1, -0.05) is 44.2 Å². The van der Waals surface area contributed by atoms with Crippen LogP contribution in [0.1, 0.15) is 106 Å². The lowest BCUT2D eigenvalue weighted by molar-refractivity contribution is 0.164. The average molecular weight is 492 g/mol. The van der Waals surface area contributed by atoms with Crippen LogP contribution in [0.15, 0.2) is 30.8 Å². The number of benzene rings is 1. The molecule has 0 spiro atoms. The van der Waals surface area contributed by atoms with E-state index in [2.05, 4.69) is 42.8 Å². The second-order valence-corrected chi connectivity index (χ2v) is 11.4. The van der Waals surface area contributed by atoms with Gasteiger partial charge in [0.2, 0.25) is 0 Å². The molecule has 0 bridgehead atoms. The van der Waals surface area contributed by atoms with Crippen LogP contribution in [-0.2, 0) is 6.42 Å². The monoisotopic (exact) mass is 491 g/mol. The zero-order valence-corrected chi connectivity index (χ0v) is 22.2. The Morgan fingerprint density at radius 3 is 2.64 bits per heavy atom. The predicted octanol–water partition coefficient (Wildman–Crippen LogP) is 6.88. The second kappa shape index (κ2) is 10.4. The standard InChI is InChI=1S/C30H42FN5/c1-5-14-30(18-22-9-6-7-11-23(22)27(30)33)17-12-19(2)25-20(3)35-26(28(34)36-25)24(32)21-10-8-15-29(4,31)16-13-21/h6-7,9,11,21,27,32H,2,5,8,10,12-18,33H2,1,3-4H3,(H2,34,36)/t21?,27-,29?,30?/m1/s1. The molecule has 0 aliphatic heterocycles. The summed E-state index contributed by atoms with van der Waals surface area (Å²) in [7, 11) is 0. The summed E-state index contributed by atoms with van der Waals surface area (Å²) in [6.07, 6.45) is 8.05. The van der Waals surface area contributed by atoms with E-state index in [4.69, 9.17) is 21.9 Å². The van der Waals surface area contributed by atoms with E-state index in [1.165, 1.54) is 11.1 Å². The first-order valence-corrected chi connectivity index (χ1v) is 13.5. The summed E-state index contributed by atoms with van der Waals surface area (Å²) < 4.78 is 14.5. The largest absolute Gasteiger partial charge is 0.382 e. The fourth-order valence-electron chi connectivity index (χ4n) is 6.46. The van der Waals surface area contributed by atoms with E-state index < -0.39 is 5.67 Å². The minimum Gasteiger partial charge on any atom is -0.382 e. The van der Waals surface area contributed by atoms with Crippen molar-refractivity contribution in [2.24, 2.45) is 17.1 Å². The molecule has 2 aromatic rings. The van der Waals surface area contributed by atoms with Crippen LogP contribution in [-0.4, -0.2) is 21.3 Å². The van der Waals surface area contributed by atoms with Crippen LogP contribution in [0, 0.1) is 23.7 Å². The van der Waals surface area contributed by atoms with Gasteiger partial charge in [0.15, 0.2) is 5.82 Å². The number of allylic oxidation sites excluding steroid dienone is 1. The van der Waals surface area contributed by atoms with E-state index >= 15 is 0 Å². The van der Waals surface area contributed by atoms with Crippen molar-refractivity contribution in [3.63, 3.8) is 0 Å². The van der Waals surface area contributed by atoms with Crippen LogP contribution >= 0.6 is 0 Å². The van der Waals surface area contributed by atoms with E-state index in [1.807, 2.05) is 6.92 Å². The fraction of sp³-hybridized carbons (Fsp3) is 0.567. The first kappa shape index (κ1) is 26.5. The number of nitrogens with two attached hydrogens (primary N) is 2. The predicted molar refractivity (Wildman–Crippen MR) is 147 cm³/mol. The summed E-state index contributed by atoms with van der Waals surface area (Å²) in [5.74, 6) is 0.231. The number of rotatable bonds is 8. The van der Waals surface area contributed by atoms with Crippen LogP contribution in [0.25, 0.3) is 5.57 Å². The Labute approximate surface area is 215 Å². The summed E-state index contributed by atoms with van der Waals surface area (Å²) in [5, 5.41) is 8.78. The average Bonchev–Trinajstić information content (AvgIpc) is 2.98. The zero-order chi connectivity index (χ0) is 26.1. The minimum atomic E-state index is -1.15. The van der Waals surface area contributed by atoms with E-state index in [-0.39, 0.29) is 23.2 Å². The third kappa shape index (κ3) is 5.24. The molecule has 1 aromatic carbocycles. The lowest BCUT2D eigenvalue weighted by Crippen LogP contribution is -2.31. The number of nitrogens with zero attached hydrogens (tertiary/aromatic N) is 2. The Morgan fingerprint density at radius 2 is 1.92 bits per heavy atom. The van der Waals surface area contributed by atoms with Gasteiger partial charge in [-0.2, -0.15) is 0 Å². The molecule has 2 aliphatic rings. The number of fused-ring (bicyclic) bond motifs is 1. The number of anilines is 1. The molecule has 4 rings (SSSR count). The number of aryl methyl sites for hydroxylation is 1. The third-order valence-corrected chi connectivity index (χ3v) is 8.63. The zero-order valence-electron chi connectivity index (χ0n) is 22.2. The summed E-state index contributed by atoms with van der Waals surface area (Å²) in [6, 6.07) is 8.56. The quantitative estimate of drug-likeness (QED) is 0.277. The molecule has 0 radical (unpaired) electrons. The number of nitrogens with one attached hydrogen (secondary N) is 1. The number of nitrogen functional groups attached to an aromatic ring is 1. The Balaban J connectivity index is 1.49. The molecule has 1 saturated carbocycles. The Hall–Kier alpha value is -2.60. The van der Waals surface area contributed by atoms with Gasteiger partial charge in [0.05, 0.1) is 17.1 Å². The van der Waals surface area contributed by atoms with Gasteiger partial charge in [-0.05, 0) is 93.7 Å². The van der Waals surface area contributed by atoms with Gasteiger partial charge in [-0.3, -0.25) is 0 Å². The first-order valence-electron chi connectivity index (χ1n) is 13.5.